The summed E-state index contributed by atoms with van der Waals surface area (Å²) in [6, 6.07) is 14.6. The van der Waals surface area contributed by atoms with Crippen molar-refractivity contribution in [2.24, 2.45) is 5.92 Å². The number of amides is 1. The lowest BCUT2D eigenvalue weighted by atomic mass is 9.94. The Bertz CT molecular complexity index is 772. The molecule has 2 aromatic rings. The molecule has 0 saturated carbocycles. The minimum atomic E-state index is 0.194. The maximum absolute atomic E-state index is 13.2. The third kappa shape index (κ3) is 4.06. The van der Waals surface area contributed by atoms with Crippen molar-refractivity contribution in [1.82, 2.24) is 14.8 Å². The van der Waals surface area contributed by atoms with Crippen LogP contribution in [0, 0.1) is 5.92 Å². The van der Waals surface area contributed by atoms with Crippen LogP contribution in [0.25, 0.3) is 0 Å². The molecule has 27 heavy (non-hydrogen) atoms. The van der Waals surface area contributed by atoms with E-state index in [9.17, 15) is 4.79 Å². The first-order valence-electron chi connectivity index (χ1n) is 10.1. The molecule has 3 fully saturated rings. The highest BCUT2D eigenvalue weighted by Crippen LogP contribution is 2.30. The van der Waals surface area contributed by atoms with Gasteiger partial charge in [0, 0.05) is 44.0 Å². The summed E-state index contributed by atoms with van der Waals surface area (Å²) in [5, 5.41) is 0. The van der Waals surface area contributed by atoms with Crippen LogP contribution in [0.1, 0.15) is 54.2 Å². The monoisotopic (exact) mass is 363 g/mol. The van der Waals surface area contributed by atoms with Crippen molar-refractivity contribution in [3.63, 3.8) is 0 Å². The fourth-order valence-corrected chi connectivity index (χ4v) is 4.45. The number of carbonyl (C=O) groups excluding carboxylic acids is 1. The van der Waals surface area contributed by atoms with Crippen molar-refractivity contribution in [2.45, 2.75) is 45.2 Å². The van der Waals surface area contributed by atoms with E-state index >= 15 is 0 Å². The summed E-state index contributed by atoms with van der Waals surface area (Å²) in [4.78, 5) is 22.3. The van der Waals surface area contributed by atoms with Gasteiger partial charge in [0.25, 0.3) is 5.91 Å². The number of fused-ring (bicyclic) bond motifs is 4. The Morgan fingerprint density at radius 3 is 2.59 bits per heavy atom. The van der Waals surface area contributed by atoms with Gasteiger partial charge in [-0.15, -0.1) is 0 Å². The predicted molar refractivity (Wildman–Crippen MR) is 108 cm³/mol. The van der Waals surface area contributed by atoms with E-state index in [0.717, 1.165) is 43.9 Å². The minimum Gasteiger partial charge on any atom is -0.334 e. The molecular formula is C23H29N3O. The zero-order valence-electron chi connectivity index (χ0n) is 16.3. The normalized spacial score (nSPS) is 22.9. The van der Waals surface area contributed by atoms with Crippen LogP contribution < -0.4 is 0 Å². The summed E-state index contributed by atoms with van der Waals surface area (Å²) in [5.74, 6) is 1.24. The Morgan fingerprint density at radius 1 is 1.07 bits per heavy atom. The predicted octanol–water partition coefficient (Wildman–Crippen LogP) is 3.94. The van der Waals surface area contributed by atoms with Crippen LogP contribution in [-0.2, 0) is 6.54 Å². The maximum Gasteiger partial charge on any atom is 0.254 e. The highest BCUT2D eigenvalue weighted by Gasteiger charge is 2.37. The molecule has 0 unspecified atom stereocenters. The topological polar surface area (TPSA) is 36.4 Å². The molecule has 5 rings (SSSR count). The standard InChI is InChI=1S/C23H29N3O/c1-17(2)19-7-9-20(10-8-19)23(27)26-14-18-6-11-22(26)16-25(13-18)15-21-5-3-4-12-24-21/h3-5,7-10,12,17-18,22H,6,11,13-16H2,1-2H3/t18-,22+/m0/s1. The van der Waals surface area contributed by atoms with E-state index in [0.29, 0.717) is 17.9 Å². The SMILES string of the molecule is CC(C)c1ccc(C(=O)N2C[C@H]3CC[C@@H]2CN(Cc2ccccn2)C3)cc1. The Balaban J connectivity index is 1.47. The Kier molecular flexibility index (Phi) is 5.26. The molecule has 3 saturated heterocycles. The van der Waals surface area contributed by atoms with Crippen LogP contribution in [0.5, 0.6) is 0 Å². The zero-order chi connectivity index (χ0) is 18.8. The van der Waals surface area contributed by atoms with Crippen LogP contribution in [0.4, 0.5) is 0 Å². The number of benzene rings is 1. The molecule has 1 aromatic heterocycles. The molecule has 1 aromatic carbocycles. The van der Waals surface area contributed by atoms with Crippen LogP contribution in [0.2, 0.25) is 0 Å². The fraction of sp³-hybridized carbons (Fsp3) is 0.478. The molecule has 142 valence electrons. The molecule has 4 heteroatoms. The number of aromatic nitrogens is 1. The average molecular weight is 364 g/mol. The molecule has 0 spiro atoms. The second-order valence-corrected chi connectivity index (χ2v) is 8.35. The molecule has 0 radical (unpaired) electrons. The van der Waals surface area contributed by atoms with Gasteiger partial charge in [0.1, 0.15) is 0 Å². The quantitative estimate of drug-likeness (QED) is 0.825. The molecule has 1 amide bonds. The van der Waals surface area contributed by atoms with Crippen molar-refractivity contribution in [3.05, 3.63) is 65.5 Å². The molecule has 4 heterocycles. The van der Waals surface area contributed by atoms with Gasteiger partial charge in [-0.05, 0) is 54.5 Å². The van der Waals surface area contributed by atoms with E-state index in [1.54, 1.807) is 0 Å². The van der Waals surface area contributed by atoms with Gasteiger partial charge < -0.3 is 4.90 Å². The first kappa shape index (κ1) is 18.2. The van der Waals surface area contributed by atoms with Crippen LogP contribution in [-0.4, -0.2) is 46.4 Å². The molecule has 0 aliphatic carbocycles. The Labute approximate surface area is 162 Å². The second-order valence-electron chi connectivity index (χ2n) is 8.35. The maximum atomic E-state index is 13.2. The van der Waals surface area contributed by atoms with Gasteiger partial charge >= 0.3 is 0 Å². The molecule has 4 nitrogen and oxygen atoms in total. The van der Waals surface area contributed by atoms with Gasteiger partial charge in [0.15, 0.2) is 0 Å². The number of hydrogen-bond donors (Lipinski definition) is 0. The van der Waals surface area contributed by atoms with Crippen LogP contribution in [0.3, 0.4) is 0 Å². The number of pyridine rings is 1. The van der Waals surface area contributed by atoms with Crippen molar-refractivity contribution < 1.29 is 4.79 Å². The molecule has 3 aliphatic heterocycles. The fourth-order valence-electron chi connectivity index (χ4n) is 4.45. The summed E-state index contributed by atoms with van der Waals surface area (Å²) < 4.78 is 0. The lowest BCUT2D eigenvalue weighted by Gasteiger charge is -2.36. The lowest BCUT2D eigenvalue weighted by molar-refractivity contribution is 0.0585. The first-order chi connectivity index (χ1) is 13.1. The number of rotatable bonds is 4. The van der Waals surface area contributed by atoms with Gasteiger partial charge in [-0.1, -0.05) is 32.0 Å². The minimum absolute atomic E-state index is 0.194. The smallest absolute Gasteiger partial charge is 0.254 e. The van der Waals surface area contributed by atoms with Gasteiger partial charge in [0.05, 0.1) is 5.69 Å². The van der Waals surface area contributed by atoms with E-state index < -0.39 is 0 Å². The Morgan fingerprint density at radius 2 is 1.89 bits per heavy atom. The Hall–Kier alpha value is -2.20. The van der Waals surface area contributed by atoms with E-state index in [4.69, 9.17) is 0 Å². The number of piperidine rings is 1. The zero-order valence-corrected chi connectivity index (χ0v) is 16.3. The summed E-state index contributed by atoms with van der Waals surface area (Å²) in [5.41, 5.74) is 3.22. The summed E-state index contributed by atoms with van der Waals surface area (Å²) >= 11 is 0. The highest BCUT2D eigenvalue weighted by molar-refractivity contribution is 5.94. The van der Waals surface area contributed by atoms with Gasteiger partial charge in [0.2, 0.25) is 0 Å². The molecule has 0 N–H and O–H groups in total. The van der Waals surface area contributed by atoms with E-state index in [-0.39, 0.29) is 5.91 Å². The molecule has 2 bridgehead atoms. The molecule has 3 aliphatic rings. The van der Waals surface area contributed by atoms with Crippen molar-refractivity contribution >= 4 is 5.91 Å². The summed E-state index contributed by atoms with van der Waals surface area (Å²) in [6.45, 7) is 8.13. The number of hydrogen-bond acceptors (Lipinski definition) is 3. The molecular weight excluding hydrogens is 334 g/mol. The second kappa shape index (κ2) is 7.81. The summed E-state index contributed by atoms with van der Waals surface area (Å²) in [6.07, 6.45) is 4.19. The highest BCUT2D eigenvalue weighted by atomic mass is 16.2. The van der Waals surface area contributed by atoms with Gasteiger partial charge in [-0.2, -0.15) is 0 Å². The first-order valence-corrected chi connectivity index (χ1v) is 10.1. The van der Waals surface area contributed by atoms with E-state index in [1.807, 2.05) is 30.5 Å². The van der Waals surface area contributed by atoms with Crippen LogP contribution >= 0.6 is 0 Å². The lowest BCUT2D eigenvalue weighted by Crippen LogP contribution is -2.47. The van der Waals surface area contributed by atoms with Gasteiger partial charge in [-0.25, -0.2) is 0 Å². The average Bonchev–Trinajstić information content (AvgIpc) is 2.99. The number of carbonyl (C=O) groups is 1. The largest absolute Gasteiger partial charge is 0.334 e. The third-order valence-corrected chi connectivity index (χ3v) is 5.99. The third-order valence-electron chi connectivity index (χ3n) is 5.99. The van der Waals surface area contributed by atoms with Crippen molar-refractivity contribution in [2.75, 3.05) is 19.6 Å². The number of nitrogens with zero attached hydrogens (tertiary/aromatic N) is 3. The van der Waals surface area contributed by atoms with Crippen LogP contribution in [0.15, 0.2) is 48.7 Å². The van der Waals surface area contributed by atoms with Gasteiger partial charge in [-0.3, -0.25) is 14.7 Å². The summed E-state index contributed by atoms with van der Waals surface area (Å²) in [7, 11) is 0. The molecule has 2 atom stereocenters. The van der Waals surface area contributed by atoms with Crippen molar-refractivity contribution in [1.29, 1.82) is 0 Å². The van der Waals surface area contributed by atoms with Crippen molar-refractivity contribution in [3.8, 4) is 0 Å². The van der Waals surface area contributed by atoms with E-state index in [1.165, 1.54) is 12.0 Å². The van der Waals surface area contributed by atoms with E-state index in [2.05, 4.69) is 46.8 Å².